The van der Waals surface area contributed by atoms with E-state index in [1.54, 1.807) is 0 Å². The van der Waals surface area contributed by atoms with Crippen molar-refractivity contribution in [3.63, 3.8) is 0 Å². The molecule has 0 aliphatic carbocycles. The van der Waals surface area contributed by atoms with Crippen molar-refractivity contribution in [1.29, 1.82) is 0 Å². The highest BCUT2D eigenvalue weighted by molar-refractivity contribution is 4.89. The van der Waals surface area contributed by atoms with Gasteiger partial charge in [0, 0.05) is 0 Å². The van der Waals surface area contributed by atoms with Crippen molar-refractivity contribution in [2.75, 3.05) is 26.2 Å². The fourth-order valence-electron chi connectivity index (χ4n) is 3.26. The molecule has 0 radical (unpaired) electrons. The number of hydrogen-bond donors (Lipinski definition) is 2. The van der Waals surface area contributed by atoms with E-state index in [-0.39, 0.29) is 0 Å². The van der Waals surface area contributed by atoms with E-state index in [0.29, 0.717) is 0 Å². The van der Waals surface area contributed by atoms with Gasteiger partial charge in [0.1, 0.15) is 0 Å². The third-order valence-electron chi connectivity index (χ3n) is 3.86. The molecule has 2 nitrogen and oxygen atoms in total. The fourth-order valence-corrected chi connectivity index (χ4v) is 3.26. The summed E-state index contributed by atoms with van der Waals surface area (Å²) in [6.07, 6.45) is 2.82. The molecule has 2 aliphatic heterocycles. The van der Waals surface area contributed by atoms with Crippen LogP contribution in [-0.4, -0.2) is 26.2 Å². The SMILES string of the molecule is CC(C)CC1CNCC2CNCCC21. The van der Waals surface area contributed by atoms with Crippen molar-refractivity contribution in [3.8, 4) is 0 Å². The van der Waals surface area contributed by atoms with Gasteiger partial charge < -0.3 is 10.6 Å². The Balaban J connectivity index is 1.94. The molecule has 2 aliphatic rings. The molecule has 14 heavy (non-hydrogen) atoms. The second kappa shape index (κ2) is 4.63. The maximum atomic E-state index is 3.60. The molecule has 2 fully saturated rings. The maximum absolute atomic E-state index is 3.60. The molecule has 0 aromatic heterocycles. The summed E-state index contributed by atoms with van der Waals surface area (Å²) < 4.78 is 0. The highest BCUT2D eigenvalue weighted by atomic mass is 15.0. The summed E-state index contributed by atoms with van der Waals surface area (Å²) in [7, 11) is 0. The topological polar surface area (TPSA) is 24.1 Å². The Kier molecular flexibility index (Phi) is 3.45. The molecule has 2 N–H and O–H groups in total. The van der Waals surface area contributed by atoms with Gasteiger partial charge in [-0.15, -0.1) is 0 Å². The molecule has 0 aromatic carbocycles. The Morgan fingerprint density at radius 2 is 1.93 bits per heavy atom. The van der Waals surface area contributed by atoms with Crippen LogP contribution >= 0.6 is 0 Å². The van der Waals surface area contributed by atoms with Gasteiger partial charge in [0.2, 0.25) is 0 Å². The standard InChI is InChI=1S/C12H24N2/c1-9(2)5-10-6-14-8-11-7-13-4-3-12(10)11/h9-14H,3-8H2,1-2H3. The van der Waals surface area contributed by atoms with Crippen molar-refractivity contribution in [3.05, 3.63) is 0 Å². The Hall–Kier alpha value is -0.0800. The van der Waals surface area contributed by atoms with Crippen molar-refractivity contribution in [1.82, 2.24) is 10.6 Å². The molecular weight excluding hydrogens is 172 g/mol. The van der Waals surface area contributed by atoms with Gasteiger partial charge in [0.15, 0.2) is 0 Å². The van der Waals surface area contributed by atoms with Crippen molar-refractivity contribution in [2.24, 2.45) is 23.7 Å². The Morgan fingerprint density at radius 3 is 2.71 bits per heavy atom. The first-order chi connectivity index (χ1) is 6.77. The van der Waals surface area contributed by atoms with Gasteiger partial charge in [-0.05, 0) is 62.7 Å². The largest absolute Gasteiger partial charge is 0.316 e. The van der Waals surface area contributed by atoms with Gasteiger partial charge >= 0.3 is 0 Å². The molecule has 2 heterocycles. The number of piperidine rings is 2. The first-order valence-electron chi connectivity index (χ1n) is 6.19. The minimum Gasteiger partial charge on any atom is -0.316 e. The average Bonchev–Trinajstić information content (AvgIpc) is 2.18. The van der Waals surface area contributed by atoms with Crippen molar-refractivity contribution >= 4 is 0 Å². The lowest BCUT2D eigenvalue weighted by atomic mass is 9.72. The maximum Gasteiger partial charge on any atom is -0.000548 e. The van der Waals surface area contributed by atoms with Crippen LogP contribution in [-0.2, 0) is 0 Å². The molecule has 82 valence electrons. The molecule has 2 heteroatoms. The zero-order chi connectivity index (χ0) is 9.97. The van der Waals surface area contributed by atoms with Crippen LogP contribution < -0.4 is 10.6 Å². The third-order valence-corrected chi connectivity index (χ3v) is 3.86. The van der Waals surface area contributed by atoms with E-state index in [0.717, 1.165) is 23.7 Å². The van der Waals surface area contributed by atoms with Gasteiger partial charge in [0.25, 0.3) is 0 Å². The van der Waals surface area contributed by atoms with Crippen LogP contribution in [0.2, 0.25) is 0 Å². The molecular formula is C12H24N2. The zero-order valence-corrected chi connectivity index (χ0v) is 9.55. The fraction of sp³-hybridized carbons (Fsp3) is 1.00. The Bertz CT molecular complexity index is 177. The van der Waals surface area contributed by atoms with Crippen molar-refractivity contribution < 1.29 is 0 Å². The molecule has 0 aromatic rings. The quantitative estimate of drug-likeness (QED) is 0.699. The Morgan fingerprint density at radius 1 is 1.14 bits per heavy atom. The normalized spacial score (nSPS) is 38.4. The number of rotatable bonds is 2. The van der Waals surface area contributed by atoms with Crippen LogP contribution in [0, 0.1) is 23.7 Å². The van der Waals surface area contributed by atoms with E-state index >= 15 is 0 Å². The molecule has 3 unspecified atom stereocenters. The lowest BCUT2D eigenvalue weighted by Crippen LogP contribution is -2.51. The summed E-state index contributed by atoms with van der Waals surface area (Å²) in [4.78, 5) is 0. The average molecular weight is 196 g/mol. The number of nitrogens with one attached hydrogen (secondary N) is 2. The molecule has 2 rings (SSSR count). The molecule has 2 saturated heterocycles. The molecule has 0 spiro atoms. The molecule has 0 saturated carbocycles. The smallest absolute Gasteiger partial charge is 0.000548 e. The van der Waals surface area contributed by atoms with Gasteiger partial charge in [0.05, 0.1) is 0 Å². The monoisotopic (exact) mass is 196 g/mol. The third kappa shape index (κ3) is 2.29. The van der Waals surface area contributed by atoms with Crippen LogP contribution in [0.4, 0.5) is 0 Å². The van der Waals surface area contributed by atoms with Crippen LogP contribution in [0.1, 0.15) is 26.7 Å². The summed E-state index contributed by atoms with van der Waals surface area (Å²) in [5, 5.41) is 7.12. The summed E-state index contributed by atoms with van der Waals surface area (Å²) in [6.45, 7) is 9.70. The Labute approximate surface area is 87.8 Å². The van der Waals surface area contributed by atoms with Gasteiger partial charge in [-0.3, -0.25) is 0 Å². The lowest BCUT2D eigenvalue weighted by Gasteiger charge is -2.42. The predicted molar refractivity (Wildman–Crippen MR) is 60.3 cm³/mol. The van der Waals surface area contributed by atoms with Gasteiger partial charge in [-0.2, -0.15) is 0 Å². The highest BCUT2D eigenvalue weighted by Crippen LogP contribution is 2.33. The summed E-state index contributed by atoms with van der Waals surface area (Å²) >= 11 is 0. The van der Waals surface area contributed by atoms with E-state index < -0.39 is 0 Å². The minimum absolute atomic E-state index is 0.857. The summed E-state index contributed by atoms with van der Waals surface area (Å²) in [5.74, 6) is 3.70. The van der Waals surface area contributed by atoms with Gasteiger partial charge in [-0.1, -0.05) is 13.8 Å². The number of hydrogen-bond acceptors (Lipinski definition) is 2. The van der Waals surface area contributed by atoms with Crippen LogP contribution in [0.3, 0.4) is 0 Å². The summed E-state index contributed by atoms with van der Waals surface area (Å²) in [5.41, 5.74) is 0. The first kappa shape index (κ1) is 10.4. The number of fused-ring (bicyclic) bond motifs is 1. The minimum atomic E-state index is 0.857. The van der Waals surface area contributed by atoms with E-state index in [2.05, 4.69) is 24.5 Å². The van der Waals surface area contributed by atoms with Crippen LogP contribution in [0.25, 0.3) is 0 Å². The molecule has 3 atom stereocenters. The molecule has 0 bridgehead atoms. The second-order valence-corrected chi connectivity index (χ2v) is 5.46. The first-order valence-corrected chi connectivity index (χ1v) is 6.19. The lowest BCUT2D eigenvalue weighted by molar-refractivity contribution is 0.115. The predicted octanol–water partition coefficient (Wildman–Crippen LogP) is 1.48. The zero-order valence-electron chi connectivity index (χ0n) is 9.55. The van der Waals surface area contributed by atoms with E-state index in [4.69, 9.17) is 0 Å². The second-order valence-electron chi connectivity index (χ2n) is 5.46. The van der Waals surface area contributed by atoms with Gasteiger partial charge in [-0.25, -0.2) is 0 Å². The van der Waals surface area contributed by atoms with E-state index in [1.165, 1.54) is 39.0 Å². The van der Waals surface area contributed by atoms with E-state index in [9.17, 15) is 0 Å². The highest BCUT2D eigenvalue weighted by Gasteiger charge is 2.34. The summed E-state index contributed by atoms with van der Waals surface area (Å²) in [6, 6.07) is 0. The molecule has 0 amide bonds. The van der Waals surface area contributed by atoms with Crippen LogP contribution in [0.5, 0.6) is 0 Å². The van der Waals surface area contributed by atoms with Crippen molar-refractivity contribution in [2.45, 2.75) is 26.7 Å². The van der Waals surface area contributed by atoms with E-state index in [1.807, 2.05) is 0 Å². The van der Waals surface area contributed by atoms with Crippen LogP contribution in [0.15, 0.2) is 0 Å².